The number of hydrogen-bond donors (Lipinski definition) is 1. The number of imidazole rings is 1. The van der Waals surface area contributed by atoms with Crippen LogP contribution < -0.4 is 0 Å². The number of hydrogen-bond acceptors (Lipinski definition) is 6. The molecule has 3 aromatic rings. The highest BCUT2D eigenvalue weighted by Gasteiger charge is 2.13. The fourth-order valence-electron chi connectivity index (χ4n) is 1.77. The first kappa shape index (κ1) is 13.3. The van der Waals surface area contributed by atoms with Gasteiger partial charge in [0.2, 0.25) is 5.12 Å². The smallest absolute Gasteiger partial charge is 0.271 e. The molecular formula is C13H8N4O3S. The second kappa shape index (κ2) is 5.33. The summed E-state index contributed by atoms with van der Waals surface area (Å²) >= 11 is 0.921. The van der Waals surface area contributed by atoms with E-state index in [9.17, 15) is 14.9 Å². The van der Waals surface area contributed by atoms with Gasteiger partial charge in [0.25, 0.3) is 5.69 Å². The van der Waals surface area contributed by atoms with E-state index in [1.54, 1.807) is 24.4 Å². The van der Waals surface area contributed by atoms with Gasteiger partial charge < -0.3 is 4.98 Å². The van der Waals surface area contributed by atoms with Crippen LogP contribution in [0.5, 0.6) is 0 Å². The highest BCUT2D eigenvalue weighted by atomic mass is 32.2. The molecule has 3 rings (SSSR count). The maximum absolute atomic E-state index is 12.0. The number of nitrogens with zero attached hydrogens (tertiary/aromatic N) is 3. The summed E-state index contributed by atoms with van der Waals surface area (Å²) in [5.74, 6) is 0. The number of carbonyl (C=O) groups is 1. The molecule has 0 aliphatic heterocycles. The van der Waals surface area contributed by atoms with Gasteiger partial charge in [-0.2, -0.15) is 0 Å². The molecule has 0 fully saturated rings. The Morgan fingerprint density at radius 1 is 1.33 bits per heavy atom. The van der Waals surface area contributed by atoms with Crippen LogP contribution >= 0.6 is 11.8 Å². The number of rotatable bonds is 3. The van der Waals surface area contributed by atoms with Crippen molar-refractivity contribution in [3.05, 3.63) is 58.4 Å². The van der Waals surface area contributed by atoms with E-state index in [-0.39, 0.29) is 10.8 Å². The highest BCUT2D eigenvalue weighted by Crippen LogP contribution is 2.25. The largest absolute Gasteiger partial charge is 0.332 e. The predicted octanol–water partition coefficient (Wildman–Crippen LogP) is 2.80. The fraction of sp³-hybridized carbons (Fsp3) is 0. The van der Waals surface area contributed by atoms with Crippen LogP contribution in [0.1, 0.15) is 10.4 Å². The molecule has 1 N–H and O–H groups in total. The third kappa shape index (κ3) is 2.75. The molecule has 21 heavy (non-hydrogen) atoms. The summed E-state index contributed by atoms with van der Waals surface area (Å²) in [4.78, 5) is 33.3. The zero-order valence-corrected chi connectivity index (χ0v) is 11.3. The minimum atomic E-state index is -0.478. The summed E-state index contributed by atoms with van der Waals surface area (Å²) in [5, 5.41) is 10.9. The van der Waals surface area contributed by atoms with Gasteiger partial charge in [0.15, 0.2) is 5.16 Å². The molecule has 0 spiro atoms. The summed E-state index contributed by atoms with van der Waals surface area (Å²) in [7, 11) is 0. The number of H-pyrrole nitrogens is 1. The number of nitrogens with one attached hydrogen (secondary N) is 1. The number of nitro groups is 1. The van der Waals surface area contributed by atoms with Crippen molar-refractivity contribution in [3.63, 3.8) is 0 Å². The summed E-state index contributed by atoms with van der Waals surface area (Å²) < 4.78 is 0. The molecule has 0 saturated carbocycles. The number of pyridine rings is 1. The van der Waals surface area contributed by atoms with Gasteiger partial charge in [0.1, 0.15) is 0 Å². The van der Waals surface area contributed by atoms with Gasteiger partial charge in [0, 0.05) is 30.1 Å². The van der Waals surface area contributed by atoms with Crippen LogP contribution in [-0.2, 0) is 0 Å². The van der Waals surface area contributed by atoms with E-state index < -0.39 is 4.92 Å². The normalized spacial score (nSPS) is 10.7. The van der Waals surface area contributed by atoms with Gasteiger partial charge >= 0.3 is 0 Å². The SMILES string of the molecule is O=C(Sc1nc2ccc([N+](=O)[O-])cc2[nH]1)c1cccnc1. The van der Waals surface area contributed by atoms with Crippen molar-refractivity contribution >= 4 is 33.6 Å². The van der Waals surface area contributed by atoms with Gasteiger partial charge in [0.05, 0.1) is 16.0 Å². The molecule has 0 radical (unpaired) electrons. The molecule has 1 aromatic carbocycles. The van der Waals surface area contributed by atoms with Gasteiger partial charge in [-0.25, -0.2) is 4.98 Å². The van der Waals surface area contributed by atoms with Crippen LogP contribution in [0.25, 0.3) is 11.0 Å². The average molecular weight is 300 g/mol. The van der Waals surface area contributed by atoms with E-state index in [1.165, 1.54) is 18.3 Å². The first-order chi connectivity index (χ1) is 10.1. The van der Waals surface area contributed by atoms with E-state index in [0.717, 1.165) is 11.8 Å². The van der Waals surface area contributed by atoms with Crippen LogP contribution in [-0.4, -0.2) is 25.0 Å². The fourth-order valence-corrected chi connectivity index (χ4v) is 2.49. The quantitative estimate of drug-likeness (QED) is 0.453. The molecule has 0 bridgehead atoms. The summed E-state index contributed by atoms with van der Waals surface area (Å²) in [6, 6.07) is 7.65. The maximum atomic E-state index is 12.0. The predicted molar refractivity (Wildman–Crippen MR) is 77.2 cm³/mol. The number of benzene rings is 1. The molecule has 2 heterocycles. The lowest BCUT2D eigenvalue weighted by Gasteiger charge is -1.96. The standard InChI is InChI=1S/C13H8N4O3S/c18-12(8-2-1-5-14-7-8)21-13-15-10-4-3-9(17(19)20)6-11(10)16-13/h1-7H,(H,15,16). The number of aromatic nitrogens is 3. The number of thioether (sulfide) groups is 1. The number of fused-ring (bicyclic) bond motifs is 1. The van der Waals surface area contributed by atoms with Crippen molar-refractivity contribution in [2.24, 2.45) is 0 Å². The molecule has 0 unspecified atom stereocenters. The van der Waals surface area contributed by atoms with Crippen LogP contribution in [0.2, 0.25) is 0 Å². The third-order valence-corrected chi connectivity index (χ3v) is 3.55. The Morgan fingerprint density at radius 2 is 2.19 bits per heavy atom. The molecule has 0 atom stereocenters. The minimum Gasteiger partial charge on any atom is -0.332 e. The van der Waals surface area contributed by atoms with E-state index in [4.69, 9.17) is 0 Å². The summed E-state index contributed by atoms with van der Waals surface area (Å²) in [5.41, 5.74) is 1.53. The van der Waals surface area contributed by atoms with Crippen molar-refractivity contribution in [1.29, 1.82) is 0 Å². The van der Waals surface area contributed by atoms with Crippen molar-refractivity contribution in [3.8, 4) is 0 Å². The van der Waals surface area contributed by atoms with Crippen molar-refractivity contribution < 1.29 is 9.72 Å². The lowest BCUT2D eigenvalue weighted by molar-refractivity contribution is -0.384. The Kier molecular flexibility index (Phi) is 3.36. The first-order valence-electron chi connectivity index (χ1n) is 5.90. The van der Waals surface area contributed by atoms with Gasteiger partial charge in [-0.1, -0.05) is 0 Å². The van der Waals surface area contributed by atoms with Crippen molar-refractivity contribution in [1.82, 2.24) is 15.0 Å². The summed E-state index contributed by atoms with van der Waals surface area (Å²) in [6.07, 6.45) is 3.06. The van der Waals surface area contributed by atoms with E-state index in [2.05, 4.69) is 15.0 Å². The molecule has 104 valence electrons. The molecule has 0 saturated heterocycles. The number of non-ortho nitro benzene ring substituents is 1. The Morgan fingerprint density at radius 3 is 2.90 bits per heavy atom. The Balaban J connectivity index is 1.88. The van der Waals surface area contributed by atoms with Gasteiger partial charge in [-0.3, -0.25) is 19.9 Å². The maximum Gasteiger partial charge on any atom is 0.271 e. The van der Waals surface area contributed by atoms with E-state index >= 15 is 0 Å². The minimum absolute atomic E-state index is 0.0266. The Labute approximate surface area is 122 Å². The molecule has 7 nitrogen and oxygen atoms in total. The van der Waals surface area contributed by atoms with Crippen LogP contribution in [0, 0.1) is 10.1 Å². The molecule has 0 aliphatic rings. The molecule has 0 amide bonds. The van der Waals surface area contributed by atoms with Crippen molar-refractivity contribution in [2.45, 2.75) is 5.16 Å². The number of carbonyl (C=O) groups excluding carboxylic acids is 1. The monoisotopic (exact) mass is 300 g/mol. The van der Waals surface area contributed by atoms with Crippen LogP contribution in [0.15, 0.2) is 47.9 Å². The second-order valence-electron chi connectivity index (χ2n) is 4.13. The van der Waals surface area contributed by atoms with Crippen LogP contribution in [0.4, 0.5) is 5.69 Å². The molecule has 2 aromatic heterocycles. The average Bonchev–Trinajstić information content (AvgIpc) is 2.89. The topological polar surface area (TPSA) is 102 Å². The number of aromatic amines is 1. The lowest BCUT2D eigenvalue weighted by atomic mass is 10.3. The second-order valence-corrected chi connectivity index (χ2v) is 5.09. The van der Waals surface area contributed by atoms with Gasteiger partial charge in [-0.15, -0.1) is 0 Å². The van der Waals surface area contributed by atoms with Gasteiger partial charge in [-0.05, 0) is 30.0 Å². The van der Waals surface area contributed by atoms with Crippen LogP contribution in [0.3, 0.4) is 0 Å². The van der Waals surface area contributed by atoms with Crippen molar-refractivity contribution in [2.75, 3.05) is 0 Å². The molecule has 0 aliphatic carbocycles. The molecular weight excluding hydrogens is 292 g/mol. The Hall–Kier alpha value is -2.74. The first-order valence-corrected chi connectivity index (χ1v) is 6.71. The summed E-state index contributed by atoms with van der Waals surface area (Å²) in [6.45, 7) is 0. The zero-order valence-electron chi connectivity index (χ0n) is 10.5. The lowest BCUT2D eigenvalue weighted by Crippen LogP contribution is -1.94. The molecule has 8 heteroatoms. The third-order valence-electron chi connectivity index (χ3n) is 2.74. The zero-order chi connectivity index (χ0) is 14.8. The Bertz CT molecular complexity index is 832. The van der Waals surface area contributed by atoms with E-state index in [1.807, 2.05) is 0 Å². The highest BCUT2D eigenvalue weighted by molar-refractivity contribution is 8.14. The van der Waals surface area contributed by atoms with E-state index in [0.29, 0.717) is 21.8 Å². The number of nitro benzene ring substituents is 1.